The highest BCUT2D eigenvalue weighted by Crippen LogP contribution is 2.29. The third kappa shape index (κ3) is 6.36. The molecule has 0 aliphatic carbocycles. The molecule has 144 valence electrons. The fourth-order valence-electron chi connectivity index (χ4n) is 2.35. The monoisotopic (exact) mass is 385 g/mol. The Kier molecular flexibility index (Phi) is 9.35. The van der Waals surface area contributed by atoms with E-state index in [0.717, 1.165) is 0 Å². The second-order valence-electron chi connectivity index (χ2n) is 5.73. The molecule has 0 aliphatic heterocycles. The number of aryl methyl sites for hydroxylation is 1. The number of fused-ring (bicyclic) bond motifs is 1. The van der Waals surface area contributed by atoms with E-state index in [2.05, 4.69) is 0 Å². The Morgan fingerprint density at radius 1 is 1.35 bits per heavy atom. The summed E-state index contributed by atoms with van der Waals surface area (Å²) in [5.41, 5.74) is 6.38. The number of amides is 1. The number of carbonyl (C=O) groups is 2. The predicted octanol–water partition coefficient (Wildman–Crippen LogP) is 2.88. The lowest BCUT2D eigenvalue weighted by molar-refractivity contribution is -0.383. The molecule has 26 heavy (non-hydrogen) atoms. The molecule has 0 fully saturated rings. The number of rotatable bonds is 5. The van der Waals surface area contributed by atoms with Gasteiger partial charge in [-0.05, 0) is 19.4 Å². The van der Waals surface area contributed by atoms with Gasteiger partial charge in [0.25, 0.3) is 5.69 Å². The van der Waals surface area contributed by atoms with Crippen molar-refractivity contribution >= 4 is 40.9 Å². The molecule has 0 bridgehead atoms. The van der Waals surface area contributed by atoms with Gasteiger partial charge in [0.1, 0.15) is 5.52 Å². The lowest BCUT2D eigenvalue weighted by atomic mass is 10.1. The second kappa shape index (κ2) is 10.4. The number of nitro benzene ring substituents is 1. The maximum absolute atomic E-state index is 10.9. The van der Waals surface area contributed by atoms with Gasteiger partial charge in [-0.25, -0.2) is 0 Å². The lowest BCUT2D eigenvalue weighted by Crippen LogP contribution is -2.13. The quantitative estimate of drug-likeness (QED) is 0.482. The number of carbonyl (C=O) groups excluding carboxylic acids is 2. The van der Waals surface area contributed by atoms with Crippen LogP contribution < -0.4 is 5.73 Å². The third-order valence-corrected chi connectivity index (χ3v) is 3.28. The van der Waals surface area contributed by atoms with E-state index in [1.165, 1.54) is 6.07 Å². The fraction of sp³-hybridized carbons (Fsp3) is 0.412. The minimum Gasteiger partial charge on any atom is -0.463 e. The van der Waals surface area contributed by atoms with Gasteiger partial charge in [-0.1, -0.05) is 19.1 Å². The molecule has 2 N–H and O–H groups in total. The van der Waals surface area contributed by atoms with E-state index in [4.69, 9.17) is 10.5 Å². The molecule has 2 rings (SSSR count). The molecular formula is C17H24ClN3O5. The number of hydrogen-bond acceptors (Lipinski definition) is 5. The first-order chi connectivity index (χ1) is 11.7. The largest absolute Gasteiger partial charge is 0.463 e. The van der Waals surface area contributed by atoms with Gasteiger partial charge in [0, 0.05) is 31.1 Å². The zero-order valence-corrected chi connectivity index (χ0v) is 16.0. The highest BCUT2D eigenvalue weighted by Gasteiger charge is 2.17. The smallest absolute Gasteiger partial charge is 0.305 e. The molecule has 0 unspecified atom stereocenters. The number of benzene rings is 1. The first-order valence-corrected chi connectivity index (χ1v) is 7.86. The summed E-state index contributed by atoms with van der Waals surface area (Å²) < 4.78 is 6.40. The van der Waals surface area contributed by atoms with Crippen molar-refractivity contribution in [3.8, 4) is 0 Å². The number of aromatic nitrogens is 1. The SMILES string of the molecule is CCC(=O)OC(C)C.Cl.Cn1cc(CC(N)=O)c2cccc([N+](=O)[O-])c21. The van der Waals surface area contributed by atoms with Crippen molar-refractivity contribution in [2.45, 2.75) is 39.7 Å². The van der Waals surface area contributed by atoms with Crippen molar-refractivity contribution < 1.29 is 19.2 Å². The first-order valence-electron chi connectivity index (χ1n) is 7.86. The number of esters is 1. The molecule has 1 amide bonds. The highest BCUT2D eigenvalue weighted by atomic mass is 35.5. The Labute approximate surface area is 157 Å². The Balaban J connectivity index is 0.000000597. The van der Waals surface area contributed by atoms with Crippen molar-refractivity contribution in [2.24, 2.45) is 12.8 Å². The van der Waals surface area contributed by atoms with Crippen LogP contribution in [0.25, 0.3) is 10.9 Å². The average Bonchev–Trinajstić information content (AvgIpc) is 2.82. The molecule has 0 atom stereocenters. The fourth-order valence-corrected chi connectivity index (χ4v) is 2.35. The van der Waals surface area contributed by atoms with Crippen LogP contribution in [0.2, 0.25) is 0 Å². The van der Waals surface area contributed by atoms with E-state index in [0.29, 0.717) is 22.9 Å². The van der Waals surface area contributed by atoms with E-state index < -0.39 is 10.8 Å². The minimum absolute atomic E-state index is 0. The molecule has 1 aromatic heterocycles. The Hall–Kier alpha value is -2.61. The summed E-state index contributed by atoms with van der Waals surface area (Å²) in [6.45, 7) is 5.46. The third-order valence-electron chi connectivity index (χ3n) is 3.28. The Morgan fingerprint density at radius 3 is 2.38 bits per heavy atom. The van der Waals surface area contributed by atoms with Gasteiger partial charge in [0.15, 0.2) is 0 Å². The second-order valence-corrected chi connectivity index (χ2v) is 5.73. The summed E-state index contributed by atoms with van der Waals surface area (Å²) in [5.74, 6) is -0.580. The topological polar surface area (TPSA) is 117 Å². The molecule has 1 aromatic carbocycles. The Bertz CT molecular complexity index is 786. The van der Waals surface area contributed by atoms with Gasteiger partial charge in [-0.3, -0.25) is 19.7 Å². The van der Waals surface area contributed by atoms with Gasteiger partial charge in [0.2, 0.25) is 5.91 Å². The van der Waals surface area contributed by atoms with Gasteiger partial charge >= 0.3 is 5.97 Å². The average molecular weight is 386 g/mol. The number of halogens is 1. The van der Waals surface area contributed by atoms with Crippen LogP contribution in [0.3, 0.4) is 0 Å². The van der Waals surface area contributed by atoms with Crippen molar-refractivity contribution in [3.63, 3.8) is 0 Å². The van der Waals surface area contributed by atoms with E-state index in [-0.39, 0.29) is 36.6 Å². The number of non-ortho nitro benzene ring substituents is 1. The summed E-state index contributed by atoms with van der Waals surface area (Å²) in [7, 11) is 1.71. The summed E-state index contributed by atoms with van der Waals surface area (Å²) in [4.78, 5) is 31.8. The maximum Gasteiger partial charge on any atom is 0.305 e. The van der Waals surface area contributed by atoms with Crippen LogP contribution in [0.15, 0.2) is 24.4 Å². The van der Waals surface area contributed by atoms with Crippen molar-refractivity contribution in [2.75, 3.05) is 0 Å². The summed E-state index contributed by atoms with van der Waals surface area (Å²) in [6.07, 6.45) is 2.28. The van der Waals surface area contributed by atoms with Crippen LogP contribution in [0.4, 0.5) is 5.69 Å². The van der Waals surface area contributed by atoms with Crippen molar-refractivity contribution in [3.05, 3.63) is 40.1 Å². The van der Waals surface area contributed by atoms with E-state index >= 15 is 0 Å². The molecule has 8 nitrogen and oxygen atoms in total. The number of para-hydroxylation sites is 1. The summed E-state index contributed by atoms with van der Waals surface area (Å²) in [6, 6.07) is 4.79. The number of nitrogens with two attached hydrogens (primary N) is 1. The van der Waals surface area contributed by atoms with E-state index in [9.17, 15) is 19.7 Å². The number of ether oxygens (including phenoxy) is 1. The molecule has 1 heterocycles. The zero-order chi connectivity index (χ0) is 19.1. The van der Waals surface area contributed by atoms with E-state index in [1.807, 2.05) is 13.8 Å². The lowest BCUT2D eigenvalue weighted by Gasteiger charge is -2.04. The predicted molar refractivity (Wildman–Crippen MR) is 101 cm³/mol. The highest BCUT2D eigenvalue weighted by molar-refractivity contribution is 5.94. The summed E-state index contributed by atoms with van der Waals surface area (Å²) in [5, 5.41) is 11.6. The first kappa shape index (κ1) is 23.4. The van der Waals surface area contributed by atoms with Crippen molar-refractivity contribution in [1.82, 2.24) is 4.57 Å². The van der Waals surface area contributed by atoms with Gasteiger partial charge in [-0.15, -0.1) is 12.4 Å². The number of nitrogens with zero attached hydrogens (tertiary/aromatic N) is 2. The molecule has 2 aromatic rings. The van der Waals surface area contributed by atoms with Crippen LogP contribution in [-0.2, 0) is 27.8 Å². The minimum atomic E-state index is -0.455. The molecule has 0 saturated carbocycles. The molecule has 0 aliphatic rings. The molecular weight excluding hydrogens is 362 g/mol. The van der Waals surface area contributed by atoms with Crippen LogP contribution in [0.1, 0.15) is 32.8 Å². The Morgan fingerprint density at radius 2 is 1.96 bits per heavy atom. The maximum atomic E-state index is 10.9. The van der Waals surface area contributed by atoms with Crippen LogP contribution >= 0.6 is 12.4 Å². The van der Waals surface area contributed by atoms with Crippen LogP contribution in [0.5, 0.6) is 0 Å². The number of hydrogen-bond donors (Lipinski definition) is 1. The van der Waals surface area contributed by atoms with Gasteiger partial charge in [-0.2, -0.15) is 0 Å². The molecule has 0 spiro atoms. The summed E-state index contributed by atoms with van der Waals surface area (Å²) >= 11 is 0. The van der Waals surface area contributed by atoms with Gasteiger partial charge in [0.05, 0.1) is 17.4 Å². The number of primary amides is 1. The van der Waals surface area contributed by atoms with Crippen LogP contribution in [0, 0.1) is 10.1 Å². The van der Waals surface area contributed by atoms with Crippen LogP contribution in [-0.4, -0.2) is 27.5 Å². The molecule has 0 saturated heterocycles. The van der Waals surface area contributed by atoms with Gasteiger partial charge < -0.3 is 15.0 Å². The molecule has 9 heteroatoms. The van der Waals surface area contributed by atoms with Crippen molar-refractivity contribution in [1.29, 1.82) is 0 Å². The zero-order valence-electron chi connectivity index (χ0n) is 15.2. The number of nitro groups is 1. The normalized spacial score (nSPS) is 9.88. The molecule has 0 radical (unpaired) electrons. The van der Waals surface area contributed by atoms with E-state index in [1.54, 1.807) is 36.9 Å². The standard InChI is InChI=1S/C11H11N3O3.C6H12O2.ClH/c1-13-6-7(5-10(12)15)8-3-2-4-9(11(8)13)14(16)17;1-4-6(7)8-5(2)3;/h2-4,6H,5H2,1H3,(H2,12,15);5H,4H2,1-3H3;1H.